The summed E-state index contributed by atoms with van der Waals surface area (Å²) in [4.78, 5) is 29.9. The Morgan fingerprint density at radius 3 is 2.75 bits per heavy atom. The molecule has 5 nitrogen and oxygen atoms in total. The zero-order valence-electron chi connectivity index (χ0n) is 12.2. The van der Waals surface area contributed by atoms with Crippen molar-refractivity contribution in [1.29, 1.82) is 0 Å². The van der Waals surface area contributed by atoms with Gasteiger partial charge in [-0.15, -0.1) is 0 Å². The quantitative estimate of drug-likeness (QED) is 0.830. The molecule has 108 valence electrons. The normalized spacial score (nSPS) is 22.1. The average molecular weight is 275 g/mol. The first-order valence-electron chi connectivity index (χ1n) is 7.07. The van der Waals surface area contributed by atoms with E-state index >= 15 is 0 Å². The number of carbonyl (C=O) groups excluding carboxylic acids is 2. The Kier molecular flexibility index (Phi) is 4.49. The van der Waals surface area contributed by atoms with Gasteiger partial charge in [0, 0.05) is 18.3 Å². The summed E-state index contributed by atoms with van der Waals surface area (Å²) in [6.07, 6.45) is 2.74. The molecule has 1 aromatic heterocycles. The van der Waals surface area contributed by atoms with Crippen LogP contribution in [0.5, 0.6) is 0 Å². The van der Waals surface area contributed by atoms with Crippen LogP contribution in [0, 0.1) is 0 Å². The van der Waals surface area contributed by atoms with E-state index in [1.807, 2.05) is 39.0 Å². The summed E-state index contributed by atoms with van der Waals surface area (Å²) < 4.78 is 0. The number of nitrogens with one attached hydrogen (secondary N) is 1. The van der Waals surface area contributed by atoms with Crippen molar-refractivity contribution in [2.45, 2.75) is 51.7 Å². The highest BCUT2D eigenvalue weighted by Crippen LogP contribution is 2.20. The fraction of sp³-hybridized carbons (Fsp3) is 0.533. The molecule has 1 aromatic rings. The summed E-state index contributed by atoms with van der Waals surface area (Å²) in [5.74, 6) is -0.206. The van der Waals surface area contributed by atoms with E-state index in [1.54, 1.807) is 6.20 Å². The molecule has 5 heteroatoms. The molecule has 1 aliphatic rings. The summed E-state index contributed by atoms with van der Waals surface area (Å²) in [7, 11) is 0. The maximum Gasteiger partial charge on any atom is 0.247 e. The summed E-state index contributed by atoms with van der Waals surface area (Å²) in [5, 5.41) is 3.21. The Morgan fingerprint density at radius 2 is 2.15 bits per heavy atom. The van der Waals surface area contributed by atoms with Crippen molar-refractivity contribution < 1.29 is 9.59 Å². The van der Waals surface area contributed by atoms with Crippen molar-refractivity contribution in [2.75, 3.05) is 0 Å². The Hall–Kier alpha value is -1.75. The molecule has 0 aromatic carbocycles. The zero-order valence-corrected chi connectivity index (χ0v) is 12.2. The Balaban J connectivity index is 2.04. The zero-order chi connectivity index (χ0) is 14.7. The lowest BCUT2D eigenvalue weighted by molar-refractivity contribution is -0.141. The number of amides is 2. The molecule has 1 saturated heterocycles. The minimum Gasteiger partial charge on any atom is -0.297 e. The van der Waals surface area contributed by atoms with Gasteiger partial charge in [0.25, 0.3) is 0 Å². The third-order valence-corrected chi connectivity index (χ3v) is 3.80. The number of nitrogens with zero attached hydrogens (tertiary/aromatic N) is 2. The first-order chi connectivity index (χ1) is 9.54. The van der Waals surface area contributed by atoms with Gasteiger partial charge in [0.05, 0.1) is 18.2 Å². The predicted molar refractivity (Wildman–Crippen MR) is 75.8 cm³/mol. The molecule has 1 fully saturated rings. The molecule has 20 heavy (non-hydrogen) atoms. The van der Waals surface area contributed by atoms with Gasteiger partial charge in [-0.1, -0.05) is 13.0 Å². The van der Waals surface area contributed by atoms with Crippen LogP contribution in [-0.4, -0.2) is 33.8 Å². The fourth-order valence-corrected chi connectivity index (χ4v) is 2.45. The van der Waals surface area contributed by atoms with Gasteiger partial charge in [-0.05, 0) is 32.4 Å². The SMILES string of the molecule is CCC(C)N1C(=O)CC(NC(C)c2ccccn2)C1=O. The second kappa shape index (κ2) is 6.13. The van der Waals surface area contributed by atoms with Crippen LogP contribution < -0.4 is 5.32 Å². The molecule has 0 aliphatic carbocycles. The maximum atomic E-state index is 12.3. The van der Waals surface area contributed by atoms with E-state index in [9.17, 15) is 9.59 Å². The van der Waals surface area contributed by atoms with E-state index in [0.29, 0.717) is 0 Å². The summed E-state index contributed by atoms with van der Waals surface area (Å²) in [6, 6.07) is 5.14. The van der Waals surface area contributed by atoms with Gasteiger partial charge in [-0.3, -0.25) is 24.8 Å². The number of likely N-dealkylation sites (tertiary alicyclic amines) is 1. The molecule has 3 atom stereocenters. The van der Waals surface area contributed by atoms with E-state index in [-0.39, 0.29) is 30.3 Å². The molecule has 0 saturated carbocycles. The van der Waals surface area contributed by atoms with Crippen molar-refractivity contribution >= 4 is 11.8 Å². The van der Waals surface area contributed by atoms with E-state index in [4.69, 9.17) is 0 Å². The van der Waals surface area contributed by atoms with E-state index in [1.165, 1.54) is 4.90 Å². The van der Waals surface area contributed by atoms with E-state index in [0.717, 1.165) is 12.1 Å². The predicted octanol–water partition coefficient (Wildman–Crippen LogP) is 1.66. The minimum atomic E-state index is -0.437. The van der Waals surface area contributed by atoms with Crippen molar-refractivity contribution in [3.63, 3.8) is 0 Å². The van der Waals surface area contributed by atoms with Crippen molar-refractivity contribution in [2.24, 2.45) is 0 Å². The van der Waals surface area contributed by atoms with Crippen LogP contribution in [-0.2, 0) is 9.59 Å². The van der Waals surface area contributed by atoms with Gasteiger partial charge in [-0.25, -0.2) is 0 Å². The first-order valence-corrected chi connectivity index (χ1v) is 7.07. The third kappa shape index (κ3) is 2.88. The highest BCUT2D eigenvalue weighted by molar-refractivity contribution is 6.05. The number of rotatable bonds is 5. The van der Waals surface area contributed by atoms with Gasteiger partial charge < -0.3 is 0 Å². The van der Waals surface area contributed by atoms with Gasteiger partial charge in [-0.2, -0.15) is 0 Å². The molecule has 1 N–H and O–H groups in total. The van der Waals surface area contributed by atoms with Crippen LogP contribution in [0.15, 0.2) is 24.4 Å². The molecule has 1 aliphatic heterocycles. The van der Waals surface area contributed by atoms with Gasteiger partial charge in [0.2, 0.25) is 11.8 Å². The van der Waals surface area contributed by atoms with Crippen LogP contribution in [0.3, 0.4) is 0 Å². The molecule has 3 unspecified atom stereocenters. The topological polar surface area (TPSA) is 62.3 Å². The van der Waals surface area contributed by atoms with E-state index in [2.05, 4.69) is 10.3 Å². The molecule has 2 amide bonds. The summed E-state index contributed by atoms with van der Waals surface area (Å²) in [5.41, 5.74) is 0.870. The van der Waals surface area contributed by atoms with Crippen LogP contribution in [0.4, 0.5) is 0 Å². The van der Waals surface area contributed by atoms with Crippen molar-refractivity contribution in [3.05, 3.63) is 30.1 Å². The number of aromatic nitrogens is 1. The Bertz CT molecular complexity index is 489. The highest BCUT2D eigenvalue weighted by atomic mass is 16.2. The summed E-state index contributed by atoms with van der Waals surface area (Å²) >= 11 is 0. The van der Waals surface area contributed by atoms with Gasteiger partial charge in [0.1, 0.15) is 0 Å². The molecule has 0 spiro atoms. The number of hydrogen-bond acceptors (Lipinski definition) is 4. The lowest BCUT2D eigenvalue weighted by Crippen LogP contribution is -2.43. The molecular weight excluding hydrogens is 254 g/mol. The number of hydrogen-bond donors (Lipinski definition) is 1. The van der Waals surface area contributed by atoms with Crippen LogP contribution >= 0.6 is 0 Å². The van der Waals surface area contributed by atoms with Crippen LogP contribution in [0.25, 0.3) is 0 Å². The second-order valence-electron chi connectivity index (χ2n) is 5.26. The number of imide groups is 1. The van der Waals surface area contributed by atoms with Gasteiger partial charge >= 0.3 is 0 Å². The number of carbonyl (C=O) groups is 2. The Labute approximate surface area is 119 Å². The van der Waals surface area contributed by atoms with E-state index < -0.39 is 6.04 Å². The average Bonchev–Trinajstić information content (AvgIpc) is 2.73. The smallest absolute Gasteiger partial charge is 0.247 e. The monoisotopic (exact) mass is 275 g/mol. The molecule has 2 heterocycles. The van der Waals surface area contributed by atoms with Crippen LogP contribution in [0.2, 0.25) is 0 Å². The molecule has 0 radical (unpaired) electrons. The first kappa shape index (κ1) is 14.7. The fourth-order valence-electron chi connectivity index (χ4n) is 2.45. The molecule has 0 bridgehead atoms. The minimum absolute atomic E-state index is 0.0352. The maximum absolute atomic E-state index is 12.3. The number of pyridine rings is 1. The standard InChI is InChI=1S/C15H21N3O2/c1-4-10(2)18-14(19)9-13(15(18)20)17-11(3)12-7-5-6-8-16-12/h5-8,10-11,13,17H,4,9H2,1-3H3. The van der Waals surface area contributed by atoms with Crippen molar-refractivity contribution in [1.82, 2.24) is 15.2 Å². The lowest BCUT2D eigenvalue weighted by atomic mass is 10.1. The molecular formula is C15H21N3O2. The van der Waals surface area contributed by atoms with Gasteiger partial charge in [0.15, 0.2) is 0 Å². The Morgan fingerprint density at radius 1 is 1.40 bits per heavy atom. The van der Waals surface area contributed by atoms with Crippen molar-refractivity contribution in [3.8, 4) is 0 Å². The summed E-state index contributed by atoms with van der Waals surface area (Å²) in [6.45, 7) is 5.83. The largest absolute Gasteiger partial charge is 0.297 e. The van der Waals surface area contributed by atoms with Crippen LogP contribution in [0.1, 0.15) is 45.3 Å². The highest BCUT2D eigenvalue weighted by Gasteiger charge is 2.41. The second-order valence-corrected chi connectivity index (χ2v) is 5.26. The third-order valence-electron chi connectivity index (χ3n) is 3.80. The lowest BCUT2D eigenvalue weighted by Gasteiger charge is -2.22. The molecule has 2 rings (SSSR count).